The van der Waals surface area contributed by atoms with E-state index in [4.69, 9.17) is 15.3 Å². The van der Waals surface area contributed by atoms with Crippen molar-refractivity contribution in [2.24, 2.45) is 10.1 Å². The van der Waals surface area contributed by atoms with Gasteiger partial charge >= 0.3 is 17.4 Å². The van der Waals surface area contributed by atoms with Crippen molar-refractivity contribution in [1.82, 2.24) is 0 Å². The molecular weight excluding hydrogens is 272 g/mol. The lowest BCUT2D eigenvalue weighted by Crippen LogP contribution is -2.33. The van der Waals surface area contributed by atoms with Crippen LogP contribution in [0, 0.1) is 5.41 Å². The van der Waals surface area contributed by atoms with Gasteiger partial charge in [0, 0.05) is 16.6 Å². The molecule has 1 aliphatic rings. The first-order valence-electron chi connectivity index (χ1n) is 6.08. The Morgan fingerprint density at radius 3 is 2.76 bits per heavy atom. The third kappa shape index (κ3) is 2.25. The summed E-state index contributed by atoms with van der Waals surface area (Å²) in [5, 5.41) is 20.4. The van der Waals surface area contributed by atoms with E-state index in [2.05, 4.69) is 10.1 Å². The van der Waals surface area contributed by atoms with E-state index in [0.29, 0.717) is 11.2 Å². The van der Waals surface area contributed by atoms with Crippen molar-refractivity contribution in [2.75, 3.05) is 7.11 Å². The Morgan fingerprint density at radius 2 is 2.05 bits per heavy atom. The molecule has 0 radical (unpaired) electrons. The Labute approximate surface area is 119 Å². The number of aromatic carboxylic acids is 1. The van der Waals surface area contributed by atoms with Gasteiger partial charge in [0.25, 0.3) is 0 Å². The van der Waals surface area contributed by atoms with Crippen LogP contribution in [0.3, 0.4) is 0 Å². The van der Waals surface area contributed by atoms with Crippen LogP contribution in [0.15, 0.2) is 46.6 Å². The summed E-state index contributed by atoms with van der Waals surface area (Å²) in [5.74, 6) is -0.796. The number of carboxylic acids is 1. The van der Waals surface area contributed by atoms with Crippen molar-refractivity contribution in [2.45, 2.75) is 0 Å². The third-order valence-corrected chi connectivity index (χ3v) is 3.10. The molecule has 0 saturated heterocycles. The number of benzene rings is 1. The second-order valence-electron chi connectivity index (χ2n) is 4.38. The Morgan fingerprint density at radius 1 is 1.29 bits per heavy atom. The molecule has 7 nitrogen and oxygen atoms in total. The fourth-order valence-corrected chi connectivity index (χ4v) is 2.10. The number of rotatable bonds is 3. The molecule has 1 aromatic carbocycles. The number of carbonyl (C=O) groups is 1. The first kappa shape index (κ1) is 12.9. The van der Waals surface area contributed by atoms with Gasteiger partial charge in [0.2, 0.25) is 0 Å². The summed E-state index contributed by atoms with van der Waals surface area (Å²) in [6.45, 7) is 0. The average molecular weight is 283 g/mol. The summed E-state index contributed by atoms with van der Waals surface area (Å²) < 4.78 is 6.62. The molecule has 0 atom stereocenters. The van der Waals surface area contributed by atoms with Gasteiger partial charge in [-0.2, -0.15) is 0 Å². The van der Waals surface area contributed by atoms with E-state index in [1.54, 1.807) is 24.4 Å². The quantitative estimate of drug-likeness (QED) is 0.820. The Hall–Kier alpha value is -3.09. The first-order valence-corrected chi connectivity index (χ1v) is 6.08. The van der Waals surface area contributed by atoms with Gasteiger partial charge in [-0.05, 0) is 28.9 Å². The summed E-state index contributed by atoms with van der Waals surface area (Å²) in [4.78, 5) is 15.0. The predicted molar refractivity (Wildman–Crippen MR) is 72.3 cm³/mol. The maximum absolute atomic E-state index is 11.1. The zero-order chi connectivity index (χ0) is 15.0. The highest BCUT2D eigenvalue weighted by Crippen LogP contribution is 2.26. The van der Waals surface area contributed by atoms with Crippen LogP contribution in [0.1, 0.15) is 10.4 Å². The van der Waals surface area contributed by atoms with Crippen LogP contribution < -0.4 is 14.6 Å². The molecule has 0 saturated carbocycles. The highest BCUT2D eigenvalue weighted by atomic mass is 16.5. The minimum atomic E-state index is -1.04. The Bertz CT molecular complexity index is 890. The number of nitrogens with one attached hydrogen (secondary N) is 1. The van der Waals surface area contributed by atoms with E-state index < -0.39 is 5.97 Å². The number of hydrogen-bond donors (Lipinski definition) is 2. The van der Waals surface area contributed by atoms with E-state index >= 15 is 0 Å². The number of methoxy groups -OCH3 is 1. The van der Waals surface area contributed by atoms with Gasteiger partial charge in [-0.1, -0.05) is 10.4 Å². The smallest absolute Gasteiger partial charge is 0.393 e. The molecule has 104 valence electrons. The number of pyridine rings is 1. The third-order valence-electron chi connectivity index (χ3n) is 3.10. The van der Waals surface area contributed by atoms with Crippen LogP contribution >= 0.6 is 0 Å². The number of fused-ring (bicyclic) bond motifs is 1. The van der Waals surface area contributed by atoms with Gasteiger partial charge in [-0.25, -0.2) is 10.2 Å². The van der Waals surface area contributed by atoms with Crippen LogP contribution in [-0.4, -0.2) is 24.1 Å². The maximum atomic E-state index is 11.1. The van der Waals surface area contributed by atoms with Crippen LogP contribution in [-0.2, 0) is 0 Å². The molecule has 2 N–H and O–H groups in total. The van der Waals surface area contributed by atoms with Gasteiger partial charge < -0.3 is 9.84 Å². The maximum Gasteiger partial charge on any atom is 0.393 e. The van der Waals surface area contributed by atoms with Gasteiger partial charge in [0.1, 0.15) is 17.5 Å². The molecule has 0 amide bonds. The second-order valence-corrected chi connectivity index (χ2v) is 4.38. The molecule has 2 heterocycles. The van der Waals surface area contributed by atoms with Crippen LogP contribution in [0.25, 0.3) is 11.1 Å². The molecule has 1 aliphatic heterocycles. The van der Waals surface area contributed by atoms with Crippen molar-refractivity contribution >= 4 is 11.9 Å². The molecule has 1 aromatic heterocycles. The molecule has 7 heteroatoms. The summed E-state index contributed by atoms with van der Waals surface area (Å²) in [6, 6.07) is 8.43. The zero-order valence-electron chi connectivity index (χ0n) is 11.1. The molecule has 0 aliphatic carbocycles. The van der Waals surface area contributed by atoms with Gasteiger partial charge in [-0.3, -0.25) is 0 Å². The van der Waals surface area contributed by atoms with E-state index in [9.17, 15) is 4.79 Å². The molecule has 0 unspecified atom stereocenters. The van der Waals surface area contributed by atoms with Gasteiger partial charge in [0.05, 0.1) is 7.11 Å². The van der Waals surface area contributed by atoms with Crippen LogP contribution in [0.4, 0.5) is 0 Å². The van der Waals surface area contributed by atoms with Crippen molar-refractivity contribution in [3.63, 3.8) is 0 Å². The molecular formula is C14H11N4O3+. The molecule has 0 fully saturated rings. The van der Waals surface area contributed by atoms with Crippen LogP contribution in [0.2, 0.25) is 0 Å². The lowest BCUT2D eigenvalue weighted by Gasteiger charge is -2.07. The van der Waals surface area contributed by atoms with Gasteiger partial charge in [0.15, 0.2) is 0 Å². The van der Waals surface area contributed by atoms with Crippen LogP contribution in [0.5, 0.6) is 5.75 Å². The Balaban J connectivity index is 2.13. The summed E-state index contributed by atoms with van der Waals surface area (Å²) in [6.07, 6.45) is 1.73. The van der Waals surface area contributed by atoms with E-state index in [0.717, 1.165) is 11.1 Å². The lowest BCUT2D eigenvalue weighted by atomic mass is 10.0. The zero-order valence-corrected chi connectivity index (χ0v) is 11.1. The minimum absolute atomic E-state index is 0.0500. The molecule has 2 aromatic rings. The largest absolute Gasteiger partial charge is 0.496 e. The topological polar surface area (TPSA) is 101 Å². The fraction of sp³-hybridized carbons (Fsp3) is 0.0714. The summed E-state index contributed by atoms with van der Waals surface area (Å²) in [7, 11) is 1.43. The monoisotopic (exact) mass is 283 g/mol. The number of ether oxygens (including phenoxy) is 1. The lowest BCUT2D eigenvalue weighted by molar-refractivity contribution is -0.553. The SMILES string of the molecule is COc1cc(-c2ccc3[n+](c2)=NC(=N)N=3)ccc1C(=O)O. The highest BCUT2D eigenvalue weighted by molar-refractivity contribution is 5.92. The second kappa shape index (κ2) is 4.78. The standard InChI is InChI=1S/C14H10N4O3/c1-21-11-6-8(2-4-10(11)13(19)20)9-3-5-12-16-14(15)17-18(12)7-9/h2-7,15H,1H3/p+1. The average Bonchev–Trinajstić information content (AvgIpc) is 2.85. The molecule has 0 spiro atoms. The van der Waals surface area contributed by atoms with Crippen molar-refractivity contribution in [1.29, 1.82) is 5.41 Å². The number of guanidine groups is 1. The number of carboxylic acid groups (broad SMARTS) is 1. The first-order chi connectivity index (χ1) is 10.1. The van der Waals surface area contributed by atoms with Crippen molar-refractivity contribution < 1.29 is 19.0 Å². The summed E-state index contributed by atoms with van der Waals surface area (Å²) >= 11 is 0. The normalized spacial score (nSPS) is 12.3. The van der Waals surface area contributed by atoms with E-state index in [-0.39, 0.29) is 11.5 Å². The number of hydrogen-bond acceptors (Lipinski definition) is 3. The van der Waals surface area contributed by atoms with Crippen molar-refractivity contribution in [3.05, 3.63) is 47.6 Å². The predicted octanol–water partition coefficient (Wildman–Crippen LogP) is 0.948. The molecule has 0 bridgehead atoms. The number of nitrogens with zero attached hydrogens (tertiary/aromatic N) is 3. The Kier molecular flexibility index (Phi) is 2.94. The van der Waals surface area contributed by atoms with E-state index in [1.165, 1.54) is 17.5 Å². The van der Waals surface area contributed by atoms with Gasteiger partial charge in [-0.15, -0.1) is 0 Å². The summed E-state index contributed by atoms with van der Waals surface area (Å²) in [5.41, 5.74) is 2.30. The number of aromatic nitrogens is 1. The fourth-order valence-electron chi connectivity index (χ4n) is 2.10. The van der Waals surface area contributed by atoms with E-state index in [1.807, 2.05) is 6.07 Å². The van der Waals surface area contributed by atoms with Crippen molar-refractivity contribution in [3.8, 4) is 16.9 Å². The highest BCUT2D eigenvalue weighted by Gasteiger charge is 2.15. The molecule has 21 heavy (non-hydrogen) atoms. The molecule has 3 rings (SSSR count). The minimum Gasteiger partial charge on any atom is -0.496 e.